The molecule has 0 aromatic heterocycles. The number of rotatable bonds is 1. The number of nitrogens with zero attached hydrogens (tertiary/aromatic N) is 1. The lowest BCUT2D eigenvalue weighted by molar-refractivity contribution is -0.135. The molecule has 0 saturated carbocycles. The molecule has 0 aromatic rings. The summed E-state index contributed by atoms with van der Waals surface area (Å²) in [6.45, 7) is 7.39. The van der Waals surface area contributed by atoms with Crippen LogP contribution in [0.1, 0.15) is 46.5 Å². The lowest BCUT2D eigenvalue weighted by Gasteiger charge is -2.30. The maximum atomic E-state index is 12.0. The maximum absolute atomic E-state index is 12.0. The molecule has 1 unspecified atom stereocenters. The highest BCUT2D eigenvalue weighted by atomic mass is 16.2. The van der Waals surface area contributed by atoms with Crippen molar-refractivity contribution >= 4 is 5.91 Å². The molecule has 2 fully saturated rings. The van der Waals surface area contributed by atoms with E-state index in [0.29, 0.717) is 5.91 Å². The molecule has 2 aliphatic heterocycles. The van der Waals surface area contributed by atoms with Crippen LogP contribution in [0.2, 0.25) is 0 Å². The van der Waals surface area contributed by atoms with Crippen LogP contribution in [0.4, 0.5) is 0 Å². The van der Waals surface area contributed by atoms with Gasteiger partial charge in [-0.05, 0) is 25.7 Å². The minimum absolute atomic E-state index is 0.101. The summed E-state index contributed by atoms with van der Waals surface area (Å²) in [7, 11) is 0. The summed E-state index contributed by atoms with van der Waals surface area (Å²) in [5.74, 6) is 0.381. The highest BCUT2D eigenvalue weighted by Gasteiger charge is 2.55. The predicted molar refractivity (Wildman–Crippen MR) is 52.4 cm³/mol. The van der Waals surface area contributed by atoms with E-state index in [1.54, 1.807) is 0 Å². The van der Waals surface area contributed by atoms with E-state index >= 15 is 0 Å². The summed E-state index contributed by atoms with van der Waals surface area (Å²) < 4.78 is 0. The number of carbonyl (C=O) groups is 1. The number of fused-ring (bicyclic) bond motifs is 1. The summed E-state index contributed by atoms with van der Waals surface area (Å²) in [4.78, 5) is 14.1. The van der Waals surface area contributed by atoms with Gasteiger partial charge in [0.15, 0.2) is 0 Å². The molecule has 2 saturated heterocycles. The fraction of sp³-hybridized carbons (Fsp3) is 0.909. The highest BCUT2D eigenvalue weighted by molar-refractivity contribution is 5.85. The first-order valence-corrected chi connectivity index (χ1v) is 5.34. The van der Waals surface area contributed by atoms with Gasteiger partial charge in [-0.25, -0.2) is 0 Å². The van der Waals surface area contributed by atoms with Gasteiger partial charge in [-0.15, -0.1) is 0 Å². The average Bonchev–Trinajstić information content (AvgIpc) is 2.53. The van der Waals surface area contributed by atoms with Crippen LogP contribution in [0.25, 0.3) is 0 Å². The number of hydrogen-bond donors (Lipinski definition) is 0. The van der Waals surface area contributed by atoms with E-state index in [0.717, 1.165) is 19.4 Å². The van der Waals surface area contributed by atoms with Crippen molar-refractivity contribution < 1.29 is 4.79 Å². The Kier molecular flexibility index (Phi) is 1.73. The molecule has 13 heavy (non-hydrogen) atoms. The monoisotopic (exact) mass is 181 g/mol. The Morgan fingerprint density at radius 2 is 2.15 bits per heavy atom. The Labute approximate surface area is 80.3 Å². The third-order valence-electron chi connectivity index (χ3n) is 3.85. The Hall–Kier alpha value is -0.530. The zero-order valence-electron chi connectivity index (χ0n) is 8.89. The fourth-order valence-corrected chi connectivity index (χ4v) is 3.20. The number of hydrogen-bond acceptors (Lipinski definition) is 1. The second-order valence-electron chi connectivity index (χ2n) is 5.20. The molecule has 0 aromatic carbocycles. The normalized spacial score (nSPS) is 36.8. The Morgan fingerprint density at radius 1 is 1.46 bits per heavy atom. The zero-order chi connectivity index (χ0) is 9.69. The third-order valence-corrected chi connectivity index (χ3v) is 3.85. The minimum atomic E-state index is -0.101. The largest absolute Gasteiger partial charge is 0.337 e. The van der Waals surface area contributed by atoms with Crippen LogP contribution < -0.4 is 0 Å². The summed E-state index contributed by atoms with van der Waals surface area (Å²) in [5.41, 5.74) is 0.136. The topological polar surface area (TPSA) is 20.3 Å². The van der Waals surface area contributed by atoms with Gasteiger partial charge >= 0.3 is 0 Å². The van der Waals surface area contributed by atoms with Crippen molar-refractivity contribution in [3.63, 3.8) is 0 Å². The van der Waals surface area contributed by atoms with E-state index in [4.69, 9.17) is 0 Å². The van der Waals surface area contributed by atoms with Crippen molar-refractivity contribution in [3.8, 4) is 0 Å². The Morgan fingerprint density at radius 3 is 2.69 bits per heavy atom. The van der Waals surface area contributed by atoms with E-state index < -0.39 is 0 Å². The van der Waals surface area contributed by atoms with E-state index in [1.807, 2.05) is 0 Å². The smallest absolute Gasteiger partial charge is 0.228 e. The van der Waals surface area contributed by atoms with Gasteiger partial charge in [0, 0.05) is 17.5 Å². The van der Waals surface area contributed by atoms with Crippen molar-refractivity contribution in [1.29, 1.82) is 0 Å². The molecule has 0 spiro atoms. The first-order valence-electron chi connectivity index (χ1n) is 5.34. The highest BCUT2D eigenvalue weighted by Crippen LogP contribution is 2.49. The number of carbonyl (C=O) groups excluding carboxylic acids is 1. The quantitative estimate of drug-likeness (QED) is 0.607. The van der Waals surface area contributed by atoms with Crippen LogP contribution in [0.15, 0.2) is 0 Å². The van der Waals surface area contributed by atoms with Gasteiger partial charge in [0.05, 0.1) is 0 Å². The SMILES string of the molecule is CCC12CCCN1C(=O)C(C)(C)C2. The molecule has 1 atom stereocenters. The van der Waals surface area contributed by atoms with Crippen LogP contribution >= 0.6 is 0 Å². The molecule has 2 heteroatoms. The van der Waals surface area contributed by atoms with Gasteiger partial charge in [-0.1, -0.05) is 20.8 Å². The van der Waals surface area contributed by atoms with Crippen molar-refractivity contribution in [2.24, 2.45) is 5.41 Å². The second-order valence-corrected chi connectivity index (χ2v) is 5.20. The number of amides is 1. The summed E-state index contributed by atoms with van der Waals surface area (Å²) >= 11 is 0. The second kappa shape index (κ2) is 2.49. The Balaban J connectivity index is 2.34. The molecule has 2 heterocycles. The first kappa shape index (κ1) is 9.04. The summed E-state index contributed by atoms with van der Waals surface area (Å²) in [6.07, 6.45) is 4.62. The van der Waals surface area contributed by atoms with Crippen LogP contribution in [-0.4, -0.2) is 22.9 Å². The lowest BCUT2D eigenvalue weighted by atomic mass is 9.81. The molecule has 2 nitrogen and oxygen atoms in total. The Bertz CT molecular complexity index is 246. The summed E-state index contributed by atoms with van der Waals surface area (Å²) in [5, 5.41) is 0. The van der Waals surface area contributed by atoms with Crippen molar-refractivity contribution in [2.45, 2.75) is 52.0 Å². The van der Waals surface area contributed by atoms with E-state index in [1.165, 1.54) is 12.8 Å². The molecule has 0 aliphatic carbocycles. The fourth-order valence-electron chi connectivity index (χ4n) is 3.20. The molecular formula is C11H19NO. The average molecular weight is 181 g/mol. The molecule has 74 valence electrons. The third kappa shape index (κ3) is 1.04. The van der Waals surface area contributed by atoms with Gasteiger partial charge in [0.25, 0.3) is 0 Å². The van der Waals surface area contributed by atoms with Crippen molar-refractivity contribution in [1.82, 2.24) is 4.90 Å². The molecule has 2 aliphatic rings. The zero-order valence-corrected chi connectivity index (χ0v) is 8.89. The van der Waals surface area contributed by atoms with Crippen LogP contribution in [0.5, 0.6) is 0 Å². The van der Waals surface area contributed by atoms with Crippen LogP contribution in [-0.2, 0) is 4.79 Å². The van der Waals surface area contributed by atoms with E-state index in [9.17, 15) is 4.79 Å². The van der Waals surface area contributed by atoms with Gasteiger partial charge < -0.3 is 4.90 Å². The molecule has 0 radical (unpaired) electrons. The first-order chi connectivity index (χ1) is 6.02. The predicted octanol–water partition coefficient (Wildman–Crippen LogP) is 2.19. The standard InChI is InChI=1S/C11H19NO/c1-4-11-6-5-7-12(11)9(13)10(2,3)8-11/h4-8H2,1-3H3. The maximum Gasteiger partial charge on any atom is 0.228 e. The molecule has 0 N–H and O–H groups in total. The van der Waals surface area contributed by atoms with Gasteiger partial charge in [0.2, 0.25) is 5.91 Å². The summed E-state index contributed by atoms with van der Waals surface area (Å²) in [6, 6.07) is 0. The molecular weight excluding hydrogens is 162 g/mol. The van der Waals surface area contributed by atoms with Crippen molar-refractivity contribution in [3.05, 3.63) is 0 Å². The molecule has 1 amide bonds. The molecule has 2 rings (SSSR count). The lowest BCUT2D eigenvalue weighted by Crippen LogP contribution is -2.39. The van der Waals surface area contributed by atoms with E-state index in [-0.39, 0.29) is 11.0 Å². The van der Waals surface area contributed by atoms with Gasteiger partial charge in [-0.3, -0.25) is 4.79 Å². The minimum Gasteiger partial charge on any atom is -0.337 e. The van der Waals surface area contributed by atoms with Crippen molar-refractivity contribution in [2.75, 3.05) is 6.54 Å². The van der Waals surface area contributed by atoms with E-state index in [2.05, 4.69) is 25.7 Å². The molecule has 0 bridgehead atoms. The van der Waals surface area contributed by atoms with Crippen LogP contribution in [0.3, 0.4) is 0 Å². The van der Waals surface area contributed by atoms with Crippen LogP contribution in [0, 0.1) is 5.41 Å². The van der Waals surface area contributed by atoms with Gasteiger partial charge in [0.1, 0.15) is 0 Å². The van der Waals surface area contributed by atoms with Gasteiger partial charge in [-0.2, -0.15) is 0 Å².